The van der Waals surface area contributed by atoms with Crippen LogP contribution in [0.25, 0.3) is 0 Å². The molecule has 1 saturated carbocycles. The van der Waals surface area contributed by atoms with E-state index < -0.39 is 11.9 Å². The number of amides is 1. The molecule has 7 heteroatoms. The fraction of sp³-hybridized carbons (Fsp3) is 0.600. The van der Waals surface area contributed by atoms with E-state index in [9.17, 15) is 14.0 Å². The number of rotatable bonds is 5. The van der Waals surface area contributed by atoms with Crippen LogP contribution in [0.1, 0.15) is 44.2 Å². The molecule has 0 bridgehead atoms. The van der Waals surface area contributed by atoms with Crippen LogP contribution in [-0.2, 0) is 19.1 Å². The van der Waals surface area contributed by atoms with Gasteiger partial charge in [-0.05, 0) is 37.7 Å². The van der Waals surface area contributed by atoms with Crippen molar-refractivity contribution in [2.75, 3.05) is 39.4 Å². The highest BCUT2D eigenvalue weighted by Gasteiger charge is 2.52. The van der Waals surface area contributed by atoms with Crippen molar-refractivity contribution in [3.05, 3.63) is 47.0 Å². The Balaban J connectivity index is 1.43. The largest absolute Gasteiger partial charge is 0.483 e. The van der Waals surface area contributed by atoms with Crippen LogP contribution >= 0.6 is 0 Å². The standard InChI is InChI=1S/C25H31FN2O4/c1-16-7-8-20-18(15-16)23(29)21-22(17-5-2-3-6-19(17)26)28(25(30)24(21)32-20)10-4-9-27-11-13-31-14-12-27/h2-3,5-6,16,18,20,22H,4,7-15H2,1H3. The molecule has 4 atom stereocenters. The lowest BCUT2D eigenvalue weighted by Crippen LogP contribution is -2.41. The zero-order valence-corrected chi connectivity index (χ0v) is 18.6. The Morgan fingerprint density at radius 2 is 1.88 bits per heavy atom. The quantitative estimate of drug-likeness (QED) is 0.702. The Bertz CT molecular complexity index is 926. The molecule has 32 heavy (non-hydrogen) atoms. The maximum absolute atomic E-state index is 14.9. The van der Waals surface area contributed by atoms with Gasteiger partial charge in [0.15, 0.2) is 11.5 Å². The highest BCUT2D eigenvalue weighted by atomic mass is 19.1. The molecule has 0 radical (unpaired) electrons. The molecule has 1 aromatic rings. The Morgan fingerprint density at radius 1 is 1.09 bits per heavy atom. The lowest BCUT2D eigenvalue weighted by Gasteiger charge is -2.37. The minimum absolute atomic E-state index is 0.0277. The molecule has 5 rings (SSSR count). The zero-order chi connectivity index (χ0) is 22.2. The number of nitrogens with zero attached hydrogens (tertiary/aromatic N) is 2. The van der Waals surface area contributed by atoms with E-state index in [2.05, 4.69) is 11.8 Å². The monoisotopic (exact) mass is 442 g/mol. The van der Waals surface area contributed by atoms with Gasteiger partial charge in [0, 0.05) is 31.7 Å². The summed E-state index contributed by atoms with van der Waals surface area (Å²) in [5.74, 6) is -0.345. The molecule has 1 amide bonds. The first-order valence-corrected chi connectivity index (χ1v) is 11.8. The molecule has 1 saturated heterocycles. The minimum atomic E-state index is -0.714. The number of hydrogen-bond acceptors (Lipinski definition) is 5. The molecular weight excluding hydrogens is 411 g/mol. The number of benzene rings is 1. The van der Waals surface area contributed by atoms with E-state index in [-0.39, 0.29) is 29.5 Å². The third-order valence-corrected chi connectivity index (χ3v) is 7.38. The van der Waals surface area contributed by atoms with Gasteiger partial charge in [-0.25, -0.2) is 4.39 Å². The second kappa shape index (κ2) is 8.94. The number of fused-ring (bicyclic) bond motifs is 1. The van der Waals surface area contributed by atoms with Crippen LogP contribution in [0.4, 0.5) is 4.39 Å². The smallest absolute Gasteiger partial charge is 0.290 e. The van der Waals surface area contributed by atoms with Crippen LogP contribution in [0.5, 0.6) is 0 Å². The minimum Gasteiger partial charge on any atom is -0.483 e. The third kappa shape index (κ3) is 3.86. The molecule has 2 fully saturated rings. The number of Topliss-reactive ketones (excluding diaryl/α,β-unsaturated/α-hetero) is 1. The number of ether oxygens (including phenoxy) is 2. The van der Waals surface area contributed by atoms with E-state index in [4.69, 9.17) is 9.47 Å². The molecule has 1 aromatic carbocycles. The average Bonchev–Trinajstić information content (AvgIpc) is 3.07. The van der Waals surface area contributed by atoms with Gasteiger partial charge in [0.1, 0.15) is 11.9 Å². The molecule has 0 spiro atoms. The van der Waals surface area contributed by atoms with Gasteiger partial charge < -0.3 is 14.4 Å². The SMILES string of the molecule is CC1CCC2OC3=C(C(=O)C2C1)C(c1ccccc1F)N(CCCN1CCOCC1)C3=O. The fourth-order valence-corrected chi connectivity index (χ4v) is 5.66. The summed E-state index contributed by atoms with van der Waals surface area (Å²) < 4.78 is 26.5. The van der Waals surface area contributed by atoms with Gasteiger partial charge in [-0.3, -0.25) is 14.5 Å². The fourth-order valence-electron chi connectivity index (χ4n) is 5.66. The lowest BCUT2D eigenvalue weighted by atomic mass is 9.74. The molecule has 3 heterocycles. The van der Waals surface area contributed by atoms with Crippen LogP contribution in [0.2, 0.25) is 0 Å². The van der Waals surface area contributed by atoms with E-state index in [0.717, 1.165) is 58.5 Å². The average molecular weight is 443 g/mol. The Morgan fingerprint density at radius 3 is 2.66 bits per heavy atom. The predicted octanol–water partition coefficient (Wildman–Crippen LogP) is 3.09. The number of carbonyl (C=O) groups is 2. The molecular formula is C25H31FN2O4. The second-order valence-electron chi connectivity index (χ2n) is 9.52. The van der Waals surface area contributed by atoms with Crippen molar-refractivity contribution in [3.63, 3.8) is 0 Å². The number of ketones is 1. The van der Waals surface area contributed by atoms with Crippen LogP contribution in [-0.4, -0.2) is 67.0 Å². The first-order chi connectivity index (χ1) is 15.5. The van der Waals surface area contributed by atoms with Gasteiger partial charge in [-0.1, -0.05) is 25.1 Å². The summed E-state index contributed by atoms with van der Waals surface area (Å²) in [5.41, 5.74) is 0.735. The molecule has 1 aliphatic carbocycles. The van der Waals surface area contributed by atoms with Crippen molar-refractivity contribution in [2.24, 2.45) is 11.8 Å². The summed E-state index contributed by atoms with van der Waals surface area (Å²) in [6.45, 7) is 6.63. The Hall–Kier alpha value is -2.25. The summed E-state index contributed by atoms with van der Waals surface area (Å²) in [6.07, 6.45) is 3.04. The van der Waals surface area contributed by atoms with Crippen LogP contribution < -0.4 is 0 Å². The maximum Gasteiger partial charge on any atom is 0.290 e. The zero-order valence-electron chi connectivity index (χ0n) is 18.6. The number of halogens is 1. The van der Waals surface area contributed by atoms with Crippen molar-refractivity contribution in [1.29, 1.82) is 0 Å². The van der Waals surface area contributed by atoms with Crippen molar-refractivity contribution >= 4 is 11.7 Å². The highest BCUT2D eigenvalue weighted by molar-refractivity contribution is 6.11. The lowest BCUT2D eigenvalue weighted by molar-refractivity contribution is -0.136. The van der Waals surface area contributed by atoms with E-state index in [0.29, 0.717) is 23.6 Å². The number of carbonyl (C=O) groups excluding carboxylic acids is 2. The van der Waals surface area contributed by atoms with Gasteiger partial charge >= 0.3 is 0 Å². The topological polar surface area (TPSA) is 59.1 Å². The van der Waals surface area contributed by atoms with Crippen LogP contribution in [0.3, 0.4) is 0 Å². The van der Waals surface area contributed by atoms with Crippen LogP contribution in [0, 0.1) is 17.7 Å². The Labute approximate surface area is 188 Å². The van der Waals surface area contributed by atoms with Crippen molar-refractivity contribution in [2.45, 2.75) is 44.8 Å². The van der Waals surface area contributed by atoms with Crippen molar-refractivity contribution in [3.8, 4) is 0 Å². The van der Waals surface area contributed by atoms with Crippen molar-refractivity contribution in [1.82, 2.24) is 9.80 Å². The third-order valence-electron chi connectivity index (χ3n) is 7.38. The first kappa shape index (κ1) is 21.6. The van der Waals surface area contributed by atoms with Gasteiger partial charge in [-0.15, -0.1) is 0 Å². The highest BCUT2D eigenvalue weighted by Crippen LogP contribution is 2.47. The van der Waals surface area contributed by atoms with E-state index in [1.165, 1.54) is 6.07 Å². The van der Waals surface area contributed by atoms with E-state index >= 15 is 0 Å². The summed E-state index contributed by atoms with van der Waals surface area (Å²) in [5, 5.41) is 0. The summed E-state index contributed by atoms with van der Waals surface area (Å²) in [4.78, 5) is 31.0. The molecule has 172 valence electrons. The molecule has 6 nitrogen and oxygen atoms in total. The van der Waals surface area contributed by atoms with Gasteiger partial charge in [0.05, 0.1) is 30.7 Å². The second-order valence-corrected chi connectivity index (χ2v) is 9.52. The molecule has 3 aliphatic heterocycles. The summed E-state index contributed by atoms with van der Waals surface area (Å²) in [6, 6.07) is 5.75. The van der Waals surface area contributed by atoms with Gasteiger partial charge in [0.25, 0.3) is 5.91 Å². The molecule has 4 aliphatic rings. The maximum atomic E-state index is 14.9. The van der Waals surface area contributed by atoms with Gasteiger partial charge in [0.2, 0.25) is 0 Å². The first-order valence-electron chi connectivity index (χ1n) is 11.8. The summed E-state index contributed by atoms with van der Waals surface area (Å²) >= 11 is 0. The molecule has 0 N–H and O–H groups in total. The van der Waals surface area contributed by atoms with Crippen LogP contribution in [0.15, 0.2) is 35.6 Å². The predicted molar refractivity (Wildman–Crippen MR) is 116 cm³/mol. The van der Waals surface area contributed by atoms with Crippen molar-refractivity contribution < 1.29 is 23.5 Å². The number of morpholine rings is 1. The van der Waals surface area contributed by atoms with E-state index in [1.807, 2.05) is 0 Å². The molecule has 4 unspecified atom stereocenters. The number of hydrogen-bond donors (Lipinski definition) is 0. The Kier molecular flexibility index (Phi) is 6.03. The van der Waals surface area contributed by atoms with E-state index in [1.54, 1.807) is 23.1 Å². The summed E-state index contributed by atoms with van der Waals surface area (Å²) in [7, 11) is 0. The molecule has 0 aromatic heterocycles. The van der Waals surface area contributed by atoms with Gasteiger partial charge in [-0.2, -0.15) is 0 Å². The normalized spacial score (nSPS) is 30.9.